The summed E-state index contributed by atoms with van der Waals surface area (Å²) in [5, 5.41) is 29.3. The van der Waals surface area contributed by atoms with Gasteiger partial charge in [-0.15, -0.1) is 9.79 Å². The van der Waals surface area contributed by atoms with Crippen molar-refractivity contribution in [2.45, 2.75) is 122 Å². The molecule has 0 spiro atoms. The van der Waals surface area contributed by atoms with Crippen LogP contribution in [0.2, 0.25) is 0 Å². The normalized spacial score (nSPS) is 15.2. The summed E-state index contributed by atoms with van der Waals surface area (Å²) in [6, 6.07) is 2.35. The van der Waals surface area contributed by atoms with E-state index >= 15 is 0 Å². The molecule has 15 heteroatoms. The highest BCUT2D eigenvalue weighted by Gasteiger charge is 2.33. The van der Waals surface area contributed by atoms with Gasteiger partial charge < -0.3 is 39.2 Å². The van der Waals surface area contributed by atoms with Crippen molar-refractivity contribution in [1.82, 2.24) is 9.79 Å². The van der Waals surface area contributed by atoms with Gasteiger partial charge >= 0.3 is 23.9 Å². The SMILES string of the molecule is CC(C)(CCOC(=O)CCCCC(=O)On1c(O)ccc1O)OCCC(C)(C)OC(=O)CCCCC(=O)ON1C(=O)CCC1O. The lowest BCUT2D eigenvalue weighted by Gasteiger charge is -2.29. The molecular formula is C30H46N2O13. The molecule has 15 nitrogen and oxygen atoms in total. The number of aromatic hydroxyl groups is 2. The molecule has 2 rings (SSSR count). The maximum atomic E-state index is 12.3. The summed E-state index contributed by atoms with van der Waals surface area (Å²) >= 11 is 0. The van der Waals surface area contributed by atoms with E-state index in [1.54, 1.807) is 13.8 Å². The third-order valence-corrected chi connectivity index (χ3v) is 6.90. The fourth-order valence-corrected chi connectivity index (χ4v) is 4.17. The van der Waals surface area contributed by atoms with E-state index < -0.39 is 59.0 Å². The first kappa shape index (κ1) is 37.3. The maximum Gasteiger partial charge on any atom is 0.333 e. The number of hydrogen-bond acceptors (Lipinski definition) is 13. The van der Waals surface area contributed by atoms with Crippen LogP contribution < -0.4 is 4.84 Å². The number of hydrogen-bond donors (Lipinski definition) is 3. The van der Waals surface area contributed by atoms with Crippen molar-refractivity contribution < 1.29 is 63.2 Å². The number of ether oxygens (including phenoxy) is 3. The second-order valence-electron chi connectivity index (χ2n) is 12.0. The first-order valence-corrected chi connectivity index (χ1v) is 15.1. The van der Waals surface area contributed by atoms with Gasteiger partial charge in [0.05, 0.1) is 18.8 Å². The fourth-order valence-electron chi connectivity index (χ4n) is 4.17. The number of aromatic nitrogens is 1. The Morgan fingerprint density at radius 2 is 1.29 bits per heavy atom. The highest BCUT2D eigenvalue weighted by Crippen LogP contribution is 2.22. The number of esters is 2. The highest BCUT2D eigenvalue weighted by atomic mass is 16.7. The van der Waals surface area contributed by atoms with Gasteiger partial charge in [-0.1, -0.05) is 0 Å². The number of nitrogens with zero attached hydrogens (tertiary/aromatic N) is 2. The minimum Gasteiger partial charge on any atom is -0.492 e. The van der Waals surface area contributed by atoms with Crippen molar-refractivity contribution in [3.63, 3.8) is 0 Å². The van der Waals surface area contributed by atoms with E-state index in [1.807, 2.05) is 13.8 Å². The van der Waals surface area contributed by atoms with E-state index in [1.165, 1.54) is 12.1 Å². The number of aliphatic hydroxyl groups excluding tert-OH is 1. The standard InChI is InChI=1S/C30H46N2O13/c1-29(2,17-19-41-25(37)9-5-7-11-27(39)44-31-21(33)13-14-22(31)34)42-20-18-30(3,4)43-26(38)10-6-8-12-28(40)45-32-23(35)15-16-24(32)36/h13-14,23,33-35H,5-12,15-20H2,1-4H3. The van der Waals surface area contributed by atoms with Crippen molar-refractivity contribution >= 4 is 29.8 Å². The summed E-state index contributed by atoms with van der Waals surface area (Å²) in [5.41, 5.74) is -1.40. The Hall–Kier alpha value is -3.85. The summed E-state index contributed by atoms with van der Waals surface area (Å²) < 4.78 is 17.4. The second-order valence-corrected chi connectivity index (χ2v) is 12.0. The van der Waals surface area contributed by atoms with E-state index in [9.17, 15) is 39.3 Å². The molecule has 1 fully saturated rings. The van der Waals surface area contributed by atoms with Gasteiger partial charge in [0.25, 0.3) is 5.91 Å². The summed E-state index contributed by atoms with van der Waals surface area (Å²) in [4.78, 5) is 69.3. The summed E-state index contributed by atoms with van der Waals surface area (Å²) in [7, 11) is 0. The molecule has 3 N–H and O–H groups in total. The molecule has 0 aromatic carbocycles. The molecule has 0 radical (unpaired) electrons. The lowest BCUT2D eigenvalue weighted by atomic mass is 10.0. The molecule has 0 aliphatic carbocycles. The van der Waals surface area contributed by atoms with Gasteiger partial charge in [0.1, 0.15) is 5.60 Å². The predicted octanol–water partition coefficient (Wildman–Crippen LogP) is 2.81. The average molecular weight is 643 g/mol. The number of carbonyl (C=O) groups is 5. The molecule has 45 heavy (non-hydrogen) atoms. The molecule has 1 amide bonds. The minimum atomic E-state index is -1.12. The summed E-state index contributed by atoms with van der Waals surface area (Å²) in [6.07, 6.45) is 1.77. The van der Waals surface area contributed by atoms with Gasteiger partial charge in [0, 0.05) is 63.5 Å². The first-order chi connectivity index (χ1) is 21.1. The lowest BCUT2D eigenvalue weighted by molar-refractivity contribution is -0.220. The van der Waals surface area contributed by atoms with Crippen LogP contribution in [-0.2, 0) is 43.0 Å². The maximum absolute atomic E-state index is 12.3. The summed E-state index contributed by atoms with van der Waals surface area (Å²) in [6.45, 7) is 7.69. The Kier molecular flexibility index (Phi) is 14.6. The Morgan fingerprint density at radius 3 is 1.84 bits per heavy atom. The molecule has 2 heterocycles. The van der Waals surface area contributed by atoms with Gasteiger partial charge in [-0.2, -0.15) is 0 Å². The molecule has 0 bridgehead atoms. The summed E-state index contributed by atoms with van der Waals surface area (Å²) in [5.74, 6) is -3.41. The van der Waals surface area contributed by atoms with Crippen LogP contribution in [0.5, 0.6) is 11.8 Å². The van der Waals surface area contributed by atoms with Crippen molar-refractivity contribution in [2.24, 2.45) is 0 Å². The number of amides is 1. The molecule has 1 aromatic heterocycles. The lowest BCUT2D eigenvalue weighted by Crippen LogP contribution is -2.35. The van der Waals surface area contributed by atoms with Crippen LogP contribution in [0.15, 0.2) is 12.1 Å². The highest BCUT2D eigenvalue weighted by molar-refractivity contribution is 5.80. The Labute approximate surface area is 262 Å². The number of aliphatic hydroxyl groups is 1. The molecule has 1 unspecified atom stereocenters. The van der Waals surface area contributed by atoms with E-state index in [-0.39, 0.29) is 45.1 Å². The quantitative estimate of drug-likeness (QED) is 0.139. The van der Waals surface area contributed by atoms with E-state index in [4.69, 9.17) is 23.9 Å². The van der Waals surface area contributed by atoms with Crippen LogP contribution >= 0.6 is 0 Å². The van der Waals surface area contributed by atoms with Crippen molar-refractivity contribution in [1.29, 1.82) is 0 Å². The van der Waals surface area contributed by atoms with Crippen molar-refractivity contribution in [2.75, 3.05) is 13.2 Å². The third-order valence-electron chi connectivity index (χ3n) is 6.90. The fraction of sp³-hybridized carbons (Fsp3) is 0.700. The van der Waals surface area contributed by atoms with E-state index in [2.05, 4.69) is 0 Å². The molecule has 1 aliphatic rings. The number of hydroxylamine groups is 2. The van der Waals surface area contributed by atoms with Crippen LogP contribution in [0.1, 0.15) is 105 Å². The first-order valence-electron chi connectivity index (χ1n) is 15.1. The van der Waals surface area contributed by atoms with E-state index in [0.29, 0.717) is 54.9 Å². The molecule has 1 saturated heterocycles. The molecular weight excluding hydrogens is 596 g/mol. The van der Waals surface area contributed by atoms with Crippen molar-refractivity contribution in [3.05, 3.63) is 12.1 Å². The minimum absolute atomic E-state index is 0.00331. The van der Waals surface area contributed by atoms with Gasteiger partial charge in [-0.3, -0.25) is 14.4 Å². The Balaban J connectivity index is 1.52. The molecule has 0 saturated carbocycles. The second kappa shape index (κ2) is 17.6. The van der Waals surface area contributed by atoms with Crippen molar-refractivity contribution in [3.8, 4) is 11.8 Å². The zero-order chi connectivity index (χ0) is 33.6. The smallest absolute Gasteiger partial charge is 0.333 e. The van der Waals surface area contributed by atoms with Crippen LogP contribution in [0, 0.1) is 0 Å². The molecule has 1 aromatic rings. The van der Waals surface area contributed by atoms with Gasteiger partial charge in [-0.25, -0.2) is 9.59 Å². The van der Waals surface area contributed by atoms with Gasteiger partial charge in [0.2, 0.25) is 11.8 Å². The third kappa shape index (κ3) is 14.2. The van der Waals surface area contributed by atoms with Crippen LogP contribution in [0.25, 0.3) is 0 Å². The average Bonchev–Trinajstić information content (AvgIpc) is 3.43. The zero-order valence-electron chi connectivity index (χ0n) is 26.5. The van der Waals surface area contributed by atoms with Crippen LogP contribution in [-0.4, -0.2) is 85.5 Å². The van der Waals surface area contributed by atoms with Crippen LogP contribution in [0.4, 0.5) is 0 Å². The largest absolute Gasteiger partial charge is 0.492 e. The number of unbranched alkanes of at least 4 members (excludes halogenated alkanes) is 2. The zero-order valence-corrected chi connectivity index (χ0v) is 26.5. The van der Waals surface area contributed by atoms with Gasteiger partial charge in [-0.05, 0) is 53.4 Å². The van der Waals surface area contributed by atoms with Gasteiger partial charge in [0.15, 0.2) is 6.23 Å². The van der Waals surface area contributed by atoms with Crippen LogP contribution in [0.3, 0.4) is 0 Å². The number of carbonyl (C=O) groups excluding carboxylic acids is 5. The molecule has 1 aliphatic heterocycles. The predicted molar refractivity (Wildman–Crippen MR) is 155 cm³/mol. The number of rotatable bonds is 20. The topological polar surface area (TPSA) is 200 Å². The monoisotopic (exact) mass is 642 g/mol. The molecule has 1 atom stereocenters. The Bertz CT molecular complexity index is 1140. The Morgan fingerprint density at radius 1 is 0.778 bits per heavy atom. The molecule has 254 valence electrons. The van der Waals surface area contributed by atoms with E-state index in [0.717, 1.165) is 0 Å².